The summed E-state index contributed by atoms with van der Waals surface area (Å²) >= 11 is 0. The van der Waals surface area contributed by atoms with Crippen LogP contribution in [0, 0.1) is 5.82 Å². The molecule has 1 rings (SSSR count). The van der Waals surface area contributed by atoms with Gasteiger partial charge in [-0.1, -0.05) is 6.07 Å². The first-order valence-corrected chi connectivity index (χ1v) is 3.50. The van der Waals surface area contributed by atoms with Gasteiger partial charge in [-0.2, -0.15) is 13.2 Å². The van der Waals surface area contributed by atoms with Crippen molar-refractivity contribution in [2.75, 3.05) is 12.4 Å². The quantitative estimate of drug-likeness (QED) is 0.676. The number of anilines is 1. The Hall–Kier alpha value is -1.26. The van der Waals surface area contributed by atoms with E-state index in [9.17, 15) is 17.6 Å². The van der Waals surface area contributed by atoms with Crippen LogP contribution in [0.15, 0.2) is 18.2 Å². The summed E-state index contributed by atoms with van der Waals surface area (Å²) in [6.45, 7) is 0. The van der Waals surface area contributed by atoms with Crippen LogP contribution in [0.1, 0.15) is 5.56 Å². The normalized spacial score (nSPS) is 11.5. The zero-order chi connectivity index (χ0) is 10.1. The highest BCUT2D eigenvalue weighted by Gasteiger charge is 2.36. The maximum Gasteiger partial charge on any atom is 0.421 e. The highest BCUT2D eigenvalue weighted by Crippen LogP contribution is 2.36. The zero-order valence-corrected chi connectivity index (χ0v) is 6.74. The van der Waals surface area contributed by atoms with Crippen LogP contribution in [0.2, 0.25) is 0 Å². The van der Waals surface area contributed by atoms with Gasteiger partial charge >= 0.3 is 6.18 Å². The molecular weight excluding hydrogens is 186 g/mol. The lowest BCUT2D eigenvalue weighted by Crippen LogP contribution is -2.11. The van der Waals surface area contributed by atoms with Crippen LogP contribution in [-0.2, 0) is 6.18 Å². The summed E-state index contributed by atoms with van der Waals surface area (Å²) in [5, 5.41) is 2.28. The van der Waals surface area contributed by atoms with E-state index >= 15 is 0 Å². The molecule has 0 saturated carbocycles. The number of alkyl halides is 3. The summed E-state index contributed by atoms with van der Waals surface area (Å²) in [6.07, 6.45) is -4.66. The van der Waals surface area contributed by atoms with Gasteiger partial charge in [0.05, 0.1) is 0 Å². The van der Waals surface area contributed by atoms with Crippen molar-refractivity contribution in [3.05, 3.63) is 29.6 Å². The molecule has 0 aromatic heterocycles. The van der Waals surface area contributed by atoms with Crippen molar-refractivity contribution in [3.8, 4) is 0 Å². The number of nitrogens with one attached hydrogen (secondary N) is 1. The van der Waals surface area contributed by atoms with Crippen LogP contribution in [0.3, 0.4) is 0 Å². The van der Waals surface area contributed by atoms with Crippen molar-refractivity contribution in [3.63, 3.8) is 0 Å². The molecule has 0 radical (unpaired) electrons. The summed E-state index contributed by atoms with van der Waals surface area (Å²) in [5.74, 6) is -1.26. The highest BCUT2D eigenvalue weighted by atomic mass is 19.4. The van der Waals surface area contributed by atoms with E-state index in [1.54, 1.807) is 0 Å². The fourth-order valence-electron chi connectivity index (χ4n) is 1.02. The molecule has 1 aromatic rings. The Morgan fingerprint density at radius 3 is 2.23 bits per heavy atom. The van der Waals surface area contributed by atoms with Gasteiger partial charge < -0.3 is 5.32 Å². The second-order valence-corrected chi connectivity index (χ2v) is 2.41. The molecule has 1 N–H and O–H groups in total. The smallest absolute Gasteiger partial charge is 0.388 e. The van der Waals surface area contributed by atoms with Gasteiger partial charge in [0.2, 0.25) is 0 Å². The molecule has 0 amide bonds. The predicted octanol–water partition coefficient (Wildman–Crippen LogP) is 2.89. The molecule has 0 heterocycles. The Bertz CT molecular complexity index is 306. The molecule has 1 aromatic carbocycles. The van der Waals surface area contributed by atoms with E-state index in [-0.39, 0.29) is 5.69 Å². The van der Waals surface area contributed by atoms with Gasteiger partial charge in [0.25, 0.3) is 0 Å². The fourth-order valence-corrected chi connectivity index (χ4v) is 1.02. The second-order valence-electron chi connectivity index (χ2n) is 2.41. The van der Waals surface area contributed by atoms with Gasteiger partial charge in [0.1, 0.15) is 11.4 Å². The summed E-state index contributed by atoms with van der Waals surface area (Å²) < 4.78 is 49.4. The van der Waals surface area contributed by atoms with E-state index in [1.165, 1.54) is 19.2 Å². The molecule has 0 atom stereocenters. The molecule has 0 aliphatic heterocycles. The minimum absolute atomic E-state index is 0.257. The molecule has 0 unspecified atom stereocenters. The topological polar surface area (TPSA) is 12.0 Å². The molecule has 0 bridgehead atoms. The van der Waals surface area contributed by atoms with Crippen molar-refractivity contribution in [1.82, 2.24) is 0 Å². The third kappa shape index (κ3) is 1.91. The average molecular weight is 193 g/mol. The highest BCUT2D eigenvalue weighted by molar-refractivity contribution is 5.52. The maximum absolute atomic E-state index is 12.8. The molecule has 0 saturated heterocycles. The summed E-state index contributed by atoms with van der Waals surface area (Å²) in [5.41, 5.74) is -1.51. The largest absolute Gasteiger partial charge is 0.421 e. The number of halogens is 4. The predicted molar refractivity (Wildman–Crippen MR) is 40.9 cm³/mol. The van der Waals surface area contributed by atoms with Crippen LogP contribution in [0.25, 0.3) is 0 Å². The third-order valence-corrected chi connectivity index (χ3v) is 1.57. The third-order valence-electron chi connectivity index (χ3n) is 1.57. The Labute approximate surface area is 72.4 Å². The molecule has 72 valence electrons. The van der Waals surface area contributed by atoms with Gasteiger partial charge in [-0.25, -0.2) is 4.39 Å². The van der Waals surface area contributed by atoms with Crippen LogP contribution in [0.4, 0.5) is 23.2 Å². The number of benzene rings is 1. The molecule has 13 heavy (non-hydrogen) atoms. The van der Waals surface area contributed by atoms with E-state index in [0.717, 1.165) is 6.07 Å². The van der Waals surface area contributed by atoms with E-state index in [0.29, 0.717) is 0 Å². The number of rotatable bonds is 1. The molecule has 0 aliphatic carbocycles. The van der Waals surface area contributed by atoms with Gasteiger partial charge in [0, 0.05) is 12.7 Å². The Morgan fingerprint density at radius 1 is 1.23 bits per heavy atom. The molecule has 0 spiro atoms. The lowest BCUT2D eigenvalue weighted by atomic mass is 10.1. The van der Waals surface area contributed by atoms with Crippen molar-refractivity contribution >= 4 is 5.69 Å². The number of hydrogen-bond donors (Lipinski definition) is 1. The fraction of sp³-hybridized carbons (Fsp3) is 0.250. The molecule has 0 fully saturated rings. The van der Waals surface area contributed by atoms with Crippen molar-refractivity contribution in [1.29, 1.82) is 0 Å². The lowest BCUT2D eigenvalue weighted by molar-refractivity contribution is -0.139. The minimum atomic E-state index is -4.66. The first kappa shape index (κ1) is 9.83. The molecular formula is C8H7F4N. The molecule has 0 aliphatic rings. The standard InChI is InChI=1S/C8H7F4N/c1-13-6-4-2-3-5(9)7(6)8(10,11)12/h2-4,13H,1H3. The van der Waals surface area contributed by atoms with E-state index in [2.05, 4.69) is 5.32 Å². The van der Waals surface area contributed by atoms with Gasteiger partial charge in [-0.15, -0.1) is 0 Å². The zero-order valence-electron chi connectivity index (χ0n) is 6.74. The maximum atomic E-state index is 12.8. The second kappa shape index (κ2) is 3.24. The van der Waals surface area contributed by atoms with Crippen LogP contribution < -0.4 is 5.32 Å². The Kier molecular flexibility index (Phi) is 2.45. The number of hydrogen-bond acceptors (Lipinski definition) is 1. The van der Waals surface area contributed by atoms with Crippen LogP contribution in [-0.4, -0.2) is 7.05 Å². The van der Waals surface area contributed by atoms with Crippen molar-refractivity contribution < 1.29 is 17.6 Å². The molecule has 1 nitrogen and oxygen atoms in total. The monoisotopic (exact) mass is 193 g/mol. The van der Waals surface area contributed by atoms with Crippen molar-refractivity contribution in [2.45, 2.75) is 6.18 Å². The first-order chi connectivity index (χ1) is 5.96. The van der Waals surface area contributed by atoms with Gasteiger partial charge in [0.15, 0.2) is 0 Å². The summed E-state index contributed by atoms with van der Waals surface area (Å²) in [6, 6.07) is 3.17. The average Bonchev–Trinajstić information content (AvgIpc) is 2.01. The summed E-state index contributed by atoms with van der Waals surface area (Å²) in [7, 11) is 1.31. The SMILES string of the molecule is CNc1cccc(F)c1C(F)(F)F. The lowest BCUT2D eigenvalue weighted by Gasteiger charge is -2.12. The Balaban J connectivity index is 3.32. The van der Waals surface area contributed by atoms with Gasteiger partial charge in [-0.3, -0.25) is 0 Å². The van der Waals surface area contributed by atoms with E-state index in [4.69, 9.17) is 0 Å². The Morgan fingerprint density at radius 2 is 1.85 bits per heavy atom. The molecule has 5 heteroatoms. The van der Waals surface area contributed by atoms with E-state index < -0.39 is 17.6 Å². The minimum Gasteiger partial charge on any atom is -0.388 e. The van der Waals surface area contributed by atoms with Gasteiger partial charge in [-0.05, 0) is 12.1 Å². The first-order valence-electron chi connectivity index (χ1n) is 3.50. The van der Waals surface area contributed by atoms with E-state index in [1.807, 2.05) is 0 Å². The van der Waals surface area contributed by atoms with Crippen LogP contribution in [0.5, 0.6) is 0 Å². The summed E-state index contributed by atoms with van der Waals surface area (Å²) in [4.78, 5) is 0. The van der Waals surface area contributed by atoms with Crippen molar-refractivity contribution in [2.24, 2.45) is 0 Å². The van der Waals surface area contributed by atoms with Crippen LogP contribution >= 0.6 is 0 Å².